The van der Waals surface area contributed by atoms with E-state index in [0.29, 0.717) is 0 Å². The van der Waals surface area contributed by atoms with Gasteiger partial charge in [0, 0.05) is 19.3 Å². The maximum absolute atomic E-state index is 4.18. The summed E-state index contributed by atoms with van der Waals surface area (Å²) in [5, 5.41) is 11.5. The second-order valence-corrected chi connectivity index (χ2v) is 3.69. The third-order valence-corrected chi connectivity index (χ3v) is 2.55. The van der Waals surface area contributed by atoms with Crippen LogP contribution in [0.5, 0.6) is 0 Å². The van der Waals surface area contributed by atoms with E-state index in [9.17, 15) is 0 Å². The lowest BCUT2D eigenvalue weighted by atomic mass is 10.2. The molecule has 5 heteroatoms. The number of nitrogens with zero attached hydrogens (tertiary/aromatic N) is 5. The van der Waals surface area contributed by atoms with E-state index in [2.05, 4.69) is 46.3 Å². The summed E-state index contributed by atoms with van der Waals surface area (Å²) in [6.07, 6.45) is 4.88. The molecule has 2 rings (SSSR count). The van der Waals surface area contributed by atoms with Crippen molar-refractivity contribution in [2.45, 2.75) is 6.92 Å². The van der Waals surface area contributed by atoms with Crippen LogP contribution < -0.4 is 4.90 Å². The fourth-order valence-electron chi connectivity index (χ4n) is 1.39. The first-order valence-electron chi connectivity index (χ1n) is 5.50. The van der Waals surface area contributed by atoms with Crippen molar-refractivity contribution in [1.29, 1.82) is 0 Å². The van der Waals surface area contributed by atoms with Crippen molar-refractivity contribution >= 4 is 11.9 Å². The summed E-state index contributed by atoms with van der Waals surface area (Å²) >= 11 is 0. The smallest absolute Gasteiger partial charge is 0.141 e. The monoisotopic (exact) mass is 229 g/mol. The Morgan fingerprint density at radius 1 is 1.24 bits per heavy atom. The molecular weight excluding hydrogens is 214 g/mol. The largest absolute Gasteiger partial charge is 0.375 e. The first kappa shape index (κ1) is 11.3. The molecule has 0 saturated heterocycles. The van der Waals surface area contributed by atoms with Crippen molar-refractivity contribution in [3.8, 4) is 0 Å². The minimum absolute atomic E-state index is 0.994. The van der Waals surface area contributed by atoms with E-state index in [4.69, 9.17) is 0 Å². The van der Waals surface area contributed by atoms with Crippen LogP contribution in [-0.2, 0) is 0 Å². The van der Waals surface area contributed by atoms with Gasteiger partial charge < -0.3 is 4.90 Å². The Kier molecular flexibility index (Phi) is 3.49. The van der Waals surface area contributed by atoms with Crippen molar-refractivity contribution in [1.82, 2.24) is 14.9 Å². The Hall–Kier alpha value is -2.17. The lowest BCUT2D eigenvalue weighted by molar-refractivity contribution is 0.878. The van der Waals surface area contributed by atoms with Gasteiger partial charge in [-0.15, -0.1) is 10.2 Å². The molecule has 0 radical (unpaired) electrons. The molecule has 88 valence electrons. The Balaban J connectivity index is 2.08. The highest BCUT2D eigenvalue weighted by Crippen LogP contribution is 2.12. The SMILES string of the molecule is CCN(C)c1ccc(/C=N\n2cnnc2)cc1. The van der Waals surface area contributed by atoms with E-state index in [-0.39, 0.29) is 0 Å². The van der Waals surface area contributed by atoms with E-state index >= 15 is 0 Å². The molecule has 0 unspecified atom stereocenters. The normalized spacial score (nSPS) is 10.9. The number of aromatic nitrogens is 3. The molecule has 0 amide bonds. The fraction of sp³-hybridized carbons (Fsp3) is 0.250. The second kappa shape index (κ2) is 5.25. The summed E-state index contributed by atoms with van der Waals surface area (Å²) in [7, 11) is 2.07. The summed E-state index contributed by atoms with van der Waals surface area (Å²) in [6, 6.07) is 8.23. The molecular formula is C12H15N5. The summed E-state index contributed by atoms with van der Waals surface area (Å²) in [5.41, 5.74) is 2.25. The van der Waals surface area contributed by atoms with Gasteiger partial charge in [-0.25, -0.2) is 4.68 Å². The molecule has 17 heavy (non-hydrogen) atoms. The van der Waals surface area contributed by atoms with E-state index < -0.39 is 0 Å². The first-order valence-corrected chi connectivity index (χ1v) is 5.50. The minimum atomic E-state index is 0.994. The van der Waals surface area contributed by atoms with Gasteiger partial charge in [0.15, 0.2) is 0 Å². The summed E-state index contributed by atoms with van der Waals surface area (Å²) in [5.74, 6) is 0. The van der Waals surface area contributed by atoms with Gasteiger partial charge >= 0.3 is 0 Å². The minimum Gasteiger partial charge on any atom is -0.375 e. The zero-order chi connectivity index (χ0) is 12.1. The number of benzene rings is 1. The molecule has 1 aromatic carbocycles. The van der Waals surface area contributed by atoms with Gasteiger partial charge in [-0.05, 0) is 24.6 Å². The average Bonchev–Trinajstić information content (AvgIpc) is 2.89. The van der Waals surface area contributed by atoms with Gasteiger partial charge in [-0.3, -0.25) is 0 Å². The highest BCUT2D eigenvalue weighted by atomic mass is 15.4. The van der Waals surface area contributed by atoms with E-state index in [1.807, 2.05) is 12.1 Å². The molecule has 0 fully saturated rings. The van der Waals surface area contributed by atoms with Crippen molar-refractivity contribution in [2.24, 2.45) is 5.10 Å². The zero-order valence-electron chi connectivity index (χ0n) is 9.98. The quantitative estimate of drug-likeness (QED) is 0.748. The summed E-state index contributed by atoms with van der Waals surface area (Å²) in [6.45, 7) is 3.12. The number of rotatable bonds is 4. The third kappa shape index (κ3) is 2.90. The number of hydrogen-bond acceptors (Lipinski definition) is 4. The van der Waals surface area contributed by atoms with Gasteiger partial charge in [-0.2, -0.15) is 5.10 Å². The molecule has 0 spiro atoms. The van der Waals surface area contributed by atoms with Gasteiger partial charge in [0.05, 0.1) is 6.21 Å². The molecule has 0 aliphatic carbocycles. The Labute approximate surface area is 100 Å². The highest BCUT2D eigenvalue weighted by molar-refractivity contribution is 5.80. The Morgan fingerprint density at radius 2 is 1.88 bits per heavy atom. The summed E-state index contributed by atoms with van der Waals surface area (Å²) in [4.78, 5) is 2.18. The van der Waals surface area contributed by atoms with Crippen LogP contribution in [0.25, 0.3) is 0 Å². The van der Waals surface area contributed by atoms with Gasteiger partial charge in [0.2, 0.25) is 0 Å². The predicted molar refractivity (Wildman–Crippen MR) is 68.4 cm³/mol. The first-order chi connectivity index (χ1) is 8.29. The molecule has 0 bridgehead atoms. The molecule has 0 saturated carbocycles. The predicted octanol–water partition coefficient (Wildman–Crippen LogP) is 1.62. The van der Waals surface area contributed by atoms with Gasteiger partial charge in [-0.1, -0.05) is 12.1 Å². The van der Waals surface area contributed by atoms with Crippen LogP contribution in [0.15, 0.2) is 42.0 Å². The molecule has 0 atom stereocenters. The van der Waals surface area contributed by atoms with E-state index in [0.717, 1.165) is 12.1 Å². The van der Waals surface area contributed by atoms with Crippen molar-refractivity contribution in [3.63, 3.8) is 0 Å². The van der Waals surface area contributed by atoms with E-state index in [1.165, 1.54) is 5.69 Å². The third-order valence-electron chi connectivity index (χ3n) is 2.55. The molecule has 0 N–H and O–H groups in total. The molecule has 5 nitrogen and oxygen atoms in total. The molecule has 2 aromatic rings. The van der Waals surface area contributed by atoms with Crippen molar-refractivity contribution in [3.05, 3.63) is 42.5 Å². The zero-order valence-corrected chi connectivity index (χ0v) is 9.98. The Bertz CT molecular complexity index is 472. The number of hydrogen-bond donors (Lipinski definition) is 0. The number of anilines is 1. The lowest BCUT2D eigenvalue weighted by Gasteiger charge is -2.16. The maximum atomic E-state index is 4.18. The van der Waals surface area contributed by atoms with Gasteiger partial charge in [0.25, 0.3) is 0 Å². The van der Waals surface area contributed by atoms with Crippen LogP contribution in [-0.4, -0.2) is 34.7 Å². The summed E-state index contributed by atoms with van der Waals surface area (Å²) < 4.78 is 1.56. The topological polar surface area (TPSA) is 46.3 Å². The van der Waals surface area contributed by atoms with Crippen molar-refractivity contribution in [2.75, 3.05) is 18.5 Å². The second-order valence-electron chi connectivity index (χ2n) is 3.69. The van der Waals surface area contributed by atoms with Crippen LogP contribution in [0.1, 0.15) is 12.5 Å². The van der Waals surface area contributed by atoms with Crippen LogP contribution in [0.4, 0.5) is 5.69 Å². The standard InChI is InChI=1S/C12H15N5/c1-3-16(2)12-6-4-11(5-7-12)8-15-17-9-13-14-10-17/h4-10H,3H2,1-2H3/b15-8-. The van der Waals surface area contributed by atoms with Crippen LogP contribution >= 0.6 is 0 Å². The van der Waals surface area contributed by atoms with Gasteiger partial charge in [0.1, 0.15) is 12.7 Å². The van der Waals surface area contributed by atoms with Crippen LogP contribution in [0, 0.1) is 0 Å². The molecule has 1 aromatic heterocycles. The molecule has 0 aliphatic heterocycles. The Morgan fingerprint density at radius 3 is 2.47 bits per heavy atom. The average molecular weight is 229 g/mol. The molecule has 1 heterocycles. The lowest BCUT2D eigenvalue weighted by Crippen LogP contribution is -2.15. The van der Waals surface area contributed by atoms with Crippen LogP contribution in [0.2, 0.25) is 0 Å². The van der Waals surface area contributed by atoms with Crippen LogP contribution in [0.3, 0.4) is 0 Å². The molecule has 0 aliphatic rings. The fourth-order valence-corrected chi connectivity index (χ4v) is 1.39. The maximum Gasteiger partial charge on any atom is 0.141 e. The highest BCUT2D eigenvalue weighted by Gasteiger charge is 1.96. The van der Waals surface area contributed by atoms with E-state index in [1.54, 1.807) is 23.5 Å². The van der Waals surface area contributed by atoms with Crippen molar-refractivity contribution < 1.29 is 0 Å².